The van der Waals surface area contributed by atoms with Gasteiger partial charge in [-0.3, -0.25) is 9.89 Å². The van der Waals surface area contributed by atoms with Crippen LogP contribution in [0.1, 0.15) is 16.2 Å². The van der Waals surface area contributed by atoms with Crippen molar-refractivity contribution < 1.29 is 4.79 Å². The Labute approximate surface area is 111 Å². The number of nitrogen functional groups attached to an aromatic ring is 1. The lowest BCUT2D eigenvalue weighted by molar-refractivity contribution is 0.101. The van der Waals surface area contributed by atoms with Gasteiger partial charge in [0.2, 0.25) is 11.8 Å². The molecule has 7 heteroatoms. The van der Waals surface area contributed by atoms with Gasteiger partial charge >= 0.3 is 0 Å². The molecule has 6 nitrogen and oxygen atoms in total. The van der Waals surface area contributed by atoms with Gasteiger partial charge in [0, 0.05) is 9.26 Å². The minimum absolute atomic E-state index is 0.0505. The van der Waals surface area contributed by atoms with Crippen LogP contribution in [0.25, 0.3) is 0 Å². The van der Waals surface area contributed by atoms with Gasteiger partial charge in [0.1, 0.15) is 0 Å². The second-order valence-electron chi connectivity index (χ2n) is 3.41. The van der Waals surface area contributed by atoms with Gasteiger partial charge < -0.3 is 11.1 Å². The van der Waals surface area contributed by atoms with E-state index in [9.17, 15) is 4.79 Å². The lowest BCUT2D eigenvalue weighted by Gasteiger charge is -2.07. The highest BCUT2D eigenvalue weighted by atomic mass is 127. The zero-order chi connectivity index (χ0) is 12.4. The van der Waals surface area contributed by atoms with Crippen molar-refractivity contribution in [1.82, 2.24) is 15.2 Å². The number of hydrogen-bond acceptors (Lipinski definition) is 4. The van der Waals surface area contributed by atoms with Crippen molar-refractivity contribution in [3.63, 3.8) is 0 Å². The molecule has 0 unspecified atom stereocenters. The molecular weight excluding hydrogens is 333 g/mol. The first kappa shape index (κ1) is 11.8. The zero-order valence-electron chi connectivity index (χ0n) is 8.99. The summed E-state index contributed by atoms with van der Waals surface area (Å²) in [4.78, 5) is 15.5. The number of halogens is 1. The van der Waals surface area contributed by atoms with Crippen LogP contribution in [0.4, 0.5) is 11.6 Å². The van der Waals surface area contributed by atoms with Crippen molar-refractivity contribution >= 4 is 40.1 Å². The fourth-order valence-electron chi connectivity index (χ4n) is 1.30. The smallest absolute Gasteiger partial charge is 0.293 e. The van der Waals surface area contributed by atoms with E-state index in [0.717, 1.165) is 14.8 Å². The van der Waals surface area contributed by atoms with E-state index in [1.54, 1.807) is 0 Å². The van der Waals surface area contributed by atoms with Crippen molar-refractivity contribution in [1.29, 1.82) is 0 Å². The number of H-pyrrole nitrogens is 1. The molecule has 2 aromatic rings. The number of amides is 1. The molecule has 17 heavy (non-hydrogen) atoms. The Morgan fingerprint density at radius 2 is 2.29 bits per heavy atom. The molecule has 0 fully saturated rings. The highest BCUT2D eigenvalue weighted by Gasteiger charge is 2.12. The molecular formula is C10H10IN5O. The van der Waals surface area contributed by atoms with Gasteiger partial charge in [-0.2, -0.15) is 4.98 Å². The van der Waals surface area contributed by atoms with E-state index in [2.05, 4.69) is 43.1 Å². The molecule has 0 saturated carbocycles. The summed E-state index contributed by atoms with van der Waals surface area (Å²) >= 11 is 2.21. The van der Waals surface area contributed by atoms with Crippen LogP contribution in [0, 0.1) is 10.5 Å². The molecule has 0 aliphatic heterocycles. The first-order valence-electron chi connectivity index (χ1n) is 4.82. The third kappa shape index (κ3) is 2.54. The number of hydrogen-bond donors (Lipinski definition) is 3. The van der Waals surface area contributed by atoms with Crippen LogP contribution in [0.3, 0.4) is 0 Å². The van der Waals surface area contributed by atoms with Gasteiger partial charge in [0.15, 0.2) is 0 Å². The summed E-state index contributed by atoms with van der Waals surface area (Å²) in [7, 11) is 0. The minimum Gasteiger partial charge on any atom is -0.366 e. The number of nitrogens with two attached hydrogens (primary N) is 1. The van der Waals surface area contributed by atoms with Gasteiger partial charge in [0.25, 0.3) is 5.91 Å². The lowest BCUT2D eigenvalue weighted by atomic mass is 10.2. The maximum absolute atomic E-state index is 11.8. The third-order valence-corrected chi connectivity index (χ3v) is 3.40. The fourth-order valence-corrected chi connectivity index (χ4v) is 1.80. The number of rotatable bonds is 2. The molecule has 0 aliphatic carbocycles. The van der Waals surface area contributed by atoms with Crippen LogP contribution >= 0.6 is 22.6 Å². The largest absolute Gasteiger partial charge is 0.366 e. The first-order valence-corrected chi connectivity index (χ1v) is 5.90. The maximum atomic E-state index is 11.8. The van der Waals surface area contributed by atoms with E-state index in [-0.39, 0.29) is 17.7 Å². The maximum Gasteiger partial charge on any atom is 0.293 e. The molecule has 1 amide bonds. The van der Waals surface area contributed by atoms with Crippen LogP contribution in [0.5, 0.6) is 0 Å². The molecule has 88 valence electrons. The Morgan fingerprint density at radius 3 is 2.94 bits per heavy atom. The summed E-state index contributed by atoms with van der Waals surface area (Å²) in [5.74, 6) is -0.213. The number of benzene rings is 1. The molecule has 0 atom stereocenters. The number of anilines is 2. The average molecular weight is 343 g/mol. The summed E-state index contributed by atoms with van der Waals surface area (Å²) < 4.78 is 1.08. The fraction of sp³-hybridized carbons (Fsp3) is 0.100. The molecule has 0 saturated heterocycles. The molecule has 4 N–H and O–H groups in total. The number of carbonyl (C=O) groups is 1. The van der Waals surface area contributed by atoms with Crippen LogP contribution in [-0.4, -0.2) is 21.1 Å². The number of aromatic amines is 1. The molecule has 1 heterocycles. The van der Waals surface area contributed by atoms with Crippen LogP contribution in [0.15, 0.2) is 18.2 Å². The highest BCUT2D eigenvalue weighted by Crippen LogP contribution is 2.20. The number of nitrogens with zero attached hydrogens (tertiary/aromatic N) is 2. The van der Waals surface area contributed by atoms with Gasteiger partial charge in [0.05, 0.1) is 0 Å². The van der Waals surface area contributed by atoms with Gasteiger partial charge in [-0.15, -0.1) is 5.10 Å². The van der Waals surface area contributed by atoms with Crippen LogP contribution in [0.2, 0.25) is 0 Å². The Kier molecular flexibility index (Phi) is 3.27. The monoisotopic (exact) mass is 343 g/mol. The molecule has 0 radical (unpaired) electrons. The molecule has 0 bridgehead atoms. The van der Waals surface area contributed by atoms with Crippen molar-refractivity contribution in [3.8, 4) is 0 Å². The van der Waals surface area contributed by atoms with Gasteiger partial charge in [-0.1, -0.05) is 6.07 Å². The summed E-state index contributed by atoms with van der Waals surface area (Å²) in [5, 5.41) is 8.81. The molecule has 1 aromatic carbocycles. The first-order chi connectivity index (χ1) is 8.08. The Balaban J connectivity index is 2.21. The van der Waals surface area contributed by atoms with Crippen molar-refractivity contribution in [2.24, 2.45) is 0 Å². The molecule has 0 aliphatic rings. The van der Waals surface area contributed by atoms with Crippen molar-refractivity contribution in [3.05, 3.63) is 33.2 Å². The number of aromatic nitrogens is 3. The van der Waals surface area contributed by atoms with E-state index in [1.165, 1.54) is 0 Å². The lowest BCUT2D eigenvalue weighted by Crippen LogP contribution is -2.14. The molecule has 0 spiro atoms. The average Bonchev–Trinajstić information content (AvgIpc) is 2.72. The van der Waals surface area contributed by atoms with E-state index in [4.69, 9.17) is 5.73 Å². The van der Waals surface area contributed by atoms with E-state index >= 15 is 0 Å². The second-order valence-corrected chi connectivity index (χ2v) is 4.57. The normalized spacial score (nSPS) is 10.2. The topological polar surface area (TPSA) is 96.7 Å². The predicted molar refractivity (Wildman–Crippen MR) is 72.6 cm³/mol. The quantitative estimate of drug-likeness (QED) is 0.721. The Hall–Kier alpha value is -1.64. The van der Waals surface area contributed by atoms with E-state index < -0.39 is 0 Å². The van der Waals surface area contributed by atoms with Crippen molar-refractivity contribution in [2.75, 3.05) is 11.1 Å². The molecule has 1 aromatic heterocycles. The van der Waals surface area contributed by atoms with Gasteiger partial charge in [-0.25, -0.2) is 0 Å². The summed E-state index contributed by atoms with van der Waals surface area (Å²) in [6.45, 7) is 1.94. The number of nitrogens with one attached hydrogen (secondary N) is 2. The van der Waals surface area contributed by atoms with Crippen molar-refractivity contribution in [2.45, 2.75) is 6.92 Å². The molecule has 2 rings (SSSR count). The summed E-state index contributed by atoms with van der Waals surface area (Å²) in [6, 6.07) is 5.67. The van der Waals surface area contributed by atoms with Crippen LogP contribution < -0.4 is 11.1 Å². The van der Waals surface area contributed by atoms with Gasteiger partial charge in [-0.05, 0) is 47.2 Å². The van der Waals surface area contributed by atoms with E-state index in [0.29, 0.717) is 0 Å². The second kappa shape index (κ2) is 4.70. The SMILES string of the molecule is Cc1c(I)cccc1NC(=O)c1nc(N)n[nH]1. The Bertz CT molecular complexity index is 566. The third-order valence-electron chi connectivity index (χ3n) is 2.23. The predicted octanol–water partition coefficient (Wildman–Crippen LogP) is 1.55. The van der Waals surface area contributed by atoms with E-state index in [1.807, 2.05) is 25.1 Å². The highest BCUT2D eigenvalue weighted by molar-refractivity contribution is 14.1. The zero-order valence-corrected chi connectivity index (χ0v) is 11.1. The standard InChI is InChI=1S/C10H10IN5O/c1-5-6(11)3-2-4-7(5)13-9(17)8-14-10(12)16-15-8/h2-4H,1H3,(H,13,17)(H3,12,14,15,16). The van der Waals surface area contributed by atoms with Crippen LogP contribution in [-0.2, 0) is 0 Å². The minimum atomic E-state index is -0.362. The Morgan fingerprint density at radius 1 is 1.53 bits per heavy atom. The summed E-state index contributed by atoms with van der Waals surface area (Å²) in [6.07, 6.45) is 0. The number of carbonyl (C=O) groups excluding carboxylic acids is 1. The summed E-state index contributed by atoms with van der Waals surface area (Å²) in [5.41, 5.74) is 7.08.